The van der Waals surface area contributed by atoms with Crippen molar-refractivity contribution in [3.8, 4) is 17.0 Å². The fraction of sp³-hybridized carbons (Fsp3) is 0.211. The molecule has 0 saturated heterocycles. The van der Waals surface area contributed by atoms with Crippen LogP contribution in [0.15, 0.2) is 60.8 Å². The molecular formula is C19H21N3O. The summed E-state index contributed by atoms with van der Waals surface area (Å²) in [7, 11) is 1.68. The SMILES string of the molecule is COc1ccc(CNC(C)c2ncc(-c3ccccc3)[nH]2)cc1. The molecule has 0 radical (unpaired) electrons. The summed E-state index contributed by atoms with van der Waals surface area (Å²) in [5.41, 5.74) is 3.40. The Kier molecular flexibility index (Phi) is 4.74. The van der Waals surface area contributed by atoms with Crippen LogP contribution >= 0.6 is 0 Å². The standard InChI is InChI=1S/C19H21N3O/c1-14(20-12-15-8-10-17(23-2)11-9-15)19-21-13-18(22-19)16-6-4-3-5-7-16/h3-11,13-14,20H,12H2,1-2H3,(H,21,22). The maximum Gasteiger partial charge on any atom is 0.123 e. The Labute approximate surface area is 136 Å². The first kappa shape index (κ1) is 15.3. The van der Waals surface area contributed by atoms with E-state index in [0.29, 0.717) is 0 Å². The van der Waals surface area contributed by atoms with E-state index in [4.69, 9.17) is 4.74 Å². The number of methoxy groups -OCH3 is 1. The second kappa shape index (κ2) is 7.11. The number of aromatic nitrogens is 2. The lowest BCUT2D eigenvalue weighted by atomic mass is 10.2. The molecule has 0 bridgehead atoms. The van der Waals surface area contributed by atoms with E-state index < -0.39 is 0 Å². The van der Waals surface area contributed by atoms with Crippen LogP contribution in [-0.2, 0) is 6.54 Å². The van der Waals surface area contributed by atoms with Gasteiger partial charge in [0.2, 0.25) is 0 Å². The van der Waals surface area contributed by atoms with E-state index in [1.165, 1.54) is 5.56 Å². The largest absolute Gasteiger partial charge is 0.497 e. The normalized spacial score (nSPS) is 12.1. The third kappa shape index (κ3) is 3.79. The van der Waals surface area contributed by atoms with E-state index >= 15 is 0 Å². The summed E-state index contributed by atoms with van der Waals surface area (Å²) in [6.07, 6.45) is 1.89. The minimum Gasteiger partial charge on any atom is -0.497 e. The van der Waals surface area contributed by atoms with Gasteiger partial charge in [-0.1, -0.05) is 42.5 Å². The van der Waals surface area contributed by atoms with Gasteiger partial charge in [0.25, 0.3) is 0 Å². The van der Waals surface area contributed by atoms with Gasteiger partial charge in [-0.2, -0.15) is 0 Å². The van der Waals surface area contributed by atoms with Crippen LogP contribution in [0.4, 0.5) is 0 Å². The number of benzene rings is 2. The molecule has 1 unspecified atom stereocenters. The van der Waals surface area contributed by atoms with Crippen LogP contribution in [-0.4, -0.2) is 17.1 Å². The van der Waals surface area contributed by atoms with E-state index in [1.54, 1.807) is 7.11 Å². The summed E-state index contributed by atoms with van der Waals surface area (Å²) in [5, 5.41) is 3.48. The van der Waals surface area contributed by atoms with Crippen LogP contribution in [0.1, 0.15) is 24.4 Å². The molecule has 0 saturated carbocycles. The average molecular weight is 307 g/mol. The molecule has 1 heterocycles. The van der Waals surface area contributed by atoms with Gasteiger partial charge in [-0.15, -0.1) is 0 Å². The molecule has 2 N–H and O–H groups in total. The fourth-order valence-electron chi connectivity index (χ4n) is 2.43. The highest BCUT2D eigenvalue weighted by molar-refractivity contribution is 5.58. The van der Waals surface area contributed by atoms with Crippen LogP contribution in [0, 0.1) is 0 Å². The number of nitrogens with zero attached hydrogens (tertiary/aromatic N) is 1. The number of ether oxygens (including phenoxy) is 1. The Morgan fingerprint density at radius 1 is 1.09 bits per heavy atom. The van der Waals surface area contributed by atoms with Crippen LogP contribution in [0.3, 0.4) is 0 Å². The Morgan fingerprint density at radius 3 is 2.52 bits per heavy atom. The first-order valence-corrected chi connectivity index (χ1v) is 7.73. The van der Waals surface area contributed by atoms with Gasteiger partial charge in [-0.3, -0.25) is 0 Å². The van der Waals surface area contributed by atoms with E-state index in [0.717, 1.165) is 29.4 Å². The third-order valence-corrected chi connectivity index (χ3v) is 3.86. The molecule has 23 heavy (non-hydrogen) atoms. The molecule has 3 aromatic rings. The molecular weight excluding hydrogens is 286 g/mol. The maximum atomic E-state index is 5.17. The zero-order valence-electron chi connectivity index (χ0n) is 13.4. The van der Waals surface area contributed by atoms with E-state index in [-0.39, 0.29) is 6.04 Å². The van der Waals surface area contributed by atoms with Gasteiger partial charge in [-0.05, 0) is 30.2 Å². The number of imidazole rings is 1. The van der Waals surface area contributed by atoms with Crippen LogP contribution < -0.4 is 10.1 Å². The number of nitrogens with one attached hydrogen (secondary N) is 2. The van der Waals surface area contributed by atoms with Crippen molar-refractivity contribution in [3.63, 3.8) is 0 Å². The minimum atomic E-state index is 0.148. The summed E-state index contributed by atoms with van der Waals surface area (Å²) in [4.78, 5) is 7.88. The zero-order valence-corrected chi connectivity index (χ0v) is 13.4. The first-order chi connectivity index (χ1) is 11.3. The molecule has 4 heteroatoms. The van der Waals surface area contributed by atoms with Crippen LogP contribution in [0.25, 0.3) is 11.3 Å². The van der Waals surface area contributed by atoms with Crippen molar-refractivity contribution in [2.45, 2.75) is 19.5 Å². The zero-order chi connectivity index (χ0) is 16.1. The highest BCUT2D eigenvalue weighted by Crippen LogP contribution is 2.19. The summed E-state index contributed by atoms with van der Waals surface area (Å²) in [6, 6.07) is 18.5. The molecule has 2 aromatic carbocycles. The number of hydrogen-bond acceptors (Lipinski definition) is 3. The monoisotopic (exact) mass is 307 g/mol. The molecule has 0 aliphatic carbocycles. The summed E-state index contributed by atoms with van der Waals surface area (Å²) >= 11 is 0. The predicted octanol–water partition coefficient (Wildman–Crippen LogP) is 3.94. The summed E-state index contributed by atoms with van der Waals surface area (Å²) in [6.45, 7) is 2.89. The van der Waals surface area contributed by atoms with Gasteiger partial charge in [0.15, 0.2) is 0 Å². The Hall–Kier alpha value is -2.59. The van der Waals surface area contributed by atoms with Crippen molar-refractivity contribution in [1.82, 2.24) is 15.3 Å². The van der Waals surface area contributed by atoms with Gasteiger partial charge in [-0.25, -0.2) is 4.98 Å². The fourth-order valence-corrected chi connectivity index (χ4v) is 2.43. The van der Waals surface area contributed by atoms with Gasteiger partial charge < -0.3 is 15.0 Å². The quantitative estimate of drug-likeness (QED) is 0.725. The highest BCUT2D eigenvalue weighted by atomic mass is 16.5. The molecule has 1 atom stereocenters. The second-order valence-corrected chi connectivity index (χ2v) is 5.50. The lowest BCUT2D eigenvalue weighted by Gasteiger charge is -2.11. The molecule has 1 aromatic heterocycles. The minimum absolute atomic E-state index is 0.148. The van der Waals surface area contributed by atoms with Crippen molar-refractivity contribution in [3.05, 3.63) is 72.2 Å². The number of aromatic amines is 1. The first-order valence-electron chi connectivity index (χ1n) is 7.73. The molecule has 0 aliphatic heterocycles. The molecule has 0 amide bonds. The Bertz CT molecular complexity index is 735. The number of rotatable bonds is 6. The van der Waals surface area contributed by atoms with Crippen LogP contribution in [0.5, 0.6) is 5.75 Å². The van der Waals surface area contributed by atoms with Crippen LogP contribution in [0.2, 0.25) is 0 Å². The van der Waals surface area contributed by atoms with Gasteiger partial charge >= 0.3 is 0 Å². The third-order valence-electron chi connectivity index (χ3n) is 3.86. The molecule has 3 rings (SSSR count). The van der Waals surface area contributed by atoms with E-state index in [2.05, 4.69) is 46.5 Å². The highest BCUT2D eigenvalue weighted by Gasteiger charge is 2.10. The number of hydrogen-bond donors (Lipinski definition) is 2. The smallest absolute Gasteiger partial charge is 0.123 e. The summed E-state index contributed by atoms with van der Waals surface area (Å²) < 4.78 is 5.17. The Balaban J connectivity index is 1.62. The topological polar surface area (TPSA) is 49.9 Å². The Morgan fingerprint density at radius 2 is 1.83 bits per heavy atom. The van der Waals surface area contributed by atoms with Crippen molar-refractivity contribution in [1.29, 1.82) is 0 Å². The van der Waals surface area contributed by atoms with Crippen molar-refractivity contribution < 1.29 is 4.74 Å². The molecule has 118 valence electrons. The van der Waals surface area contributed by atoms with Crippen molar-refractivity contribution >= 4 is 0 Å². The maximum absolute atomic E-state index is 5.17. The van der Waals surface area contributed by atoms with Gasteiger partial charge in [0.05, 0.1) is 25.0 Å². The lowest BCUT2D eigenvalue weighted by Crippen LogP contribution is -2.19. The van der Waals surface area contributed by atoms with E-state index in [1.807, 2.05) is 36.5 Å². The second-order valence-electron chi connectivity index (χ2n) is 5.50. The van der Waals surface area contributed by atoms with Crippen molar-refractivity contribution in [2.24, 2.45) is 0 Å². The molecule has 0 spiro atoms. The lowest BCUT2D eigenvalue weighted by molar-refractivity contribution is 0.414. The summed E-state index contributed by atoms with van der Waals surface area (Å²) in [5.74, 6) is 1.82. The predicted molar refractivity (Wildman–Crippen MR) is 92.3 cm³/mol. The number of H-pyrrole nitrogens is 1. The molecule has 0 fully saturated rings. The van der Waals surface area contributed by atoms with Gasteiger partial charge in [0.1, 0.15) is 11.6 Å². The van der Waals surface area contributed by atoms with E-state index in [9.17, 15) is 0 Å². The van der Waals surface area contributed by atoms with Gasteiger partial charge in [0, 0.05) is 6.54 Å². The van der Waals surface area contributed by atoms with Crippen molar-refractivity contribution in [2.75, 3.05) is 7.11 Å². The average Bonchev–Trinajstić information content (AvgIpc) is 3.11. The molecule has 4 nitrogen and oxygen atoms in total. The molecule has 0 aliphatic rings.